The fourth-order valence-electron chi connectivity index (χ4n) is 1.37. The summed E-state index contributed by atoms with van der Waals surface area (Å²) in [7, 11) is -2.51. The van der Waals surface area contributed by atoms with Crippen LogP contribution in [0, 0.1) is 0 Å². The van der Waals surface area contributed by atoms with E-state index in [0.29, 0.717) is 0 Å². The number of halogens is 1. The summed E-state index contributed by atoms with van der Waals surface area (Å²) in [4.78, 5) is 14.4. The molecule has 0 spiro atoms. The van der Waals surface area contributed by atoms with E-state index in [1.54, 1.807) is 0 Å². The number of nitrogens with one attached hydrogen (secondary N) is 1. The van der Waals surface area contributed by atoms with Crippen LogP contribution in [0.2, 0.25) is 0 Å². The molecule has 106 valence electrons. The second kappa shape index (κ2) is 5.17. The Labute approximate surface area is 121 Å². The quantitative estimate of drug-likeness (QED) is 0.809. The molecule has 2 aromatic rings. The second-order valence-electron chi connectivity index (χ2n) is 3.65. The van der Waals surface area contributed by atoms with Crippen molar-refractivity contribution in [2.45, 2.75) is 5.03 Å². The van der Waals surface area contributed by atoms with Crippen LogP contribution in [-0.2, 0) is 17.1 Å². The lowest BCUT2D eigenvalue weighted by Crippen LogP contribution is -2.18. The van der Waals surface area contributed by atoms with Gasteiger partial charge in [0.2, 0.25) is 5.03 Å². The van der Waals surface area contributed by atoms with E-state index < -0.39 is 16.0 Å². The molecule has 2 heterocycles. The number of hydrogen-bond donors (Lipinski definition) is 2. The van der Waals surface area contributed by atoms with E-state index in [2.05, 4.69) is 35.9 Å². The summed E-state index contributed by atoms with van der Waals surface area (Å²) in [5.41, 5.74) is -0.0451. The molecule has 0 aliphatic carbocycles. The van der Waals surface area contributed by atoms with Gasteiger partial charge in [-0.05, 0) is 28.1 Å². The molecule has 2 aromatic heterocycles. The fraction of sp³-hybridized carbons (Fsp3) is 0.111. The SMILES string of the molecule is Cn1nnc(Br)c1S(=O)(=O)Nc1ccc(C(=O)O)cn1. The van der Waals surface area contributed by atoms with Crippen LogP contribution in [0.5, 0.6) is 0 Å². The summed E-state index contributed by atoms with van der Waals surface area (Å²) in [5.74, 6) is -1.16. The van der Waals surface area contributed by atoms with Crippen LogP contribution in [0.1, 0.15) is 10.4 Å². The van der Waals surface area contributed by atoms with E-state index in [9.17, 15) is 13.2 Å². The minimum absolute atomic E-state index is 0.0110. The average molecular weight is 362 g/mol. The number of sulfonamides is 1. The van der Waals surface area contributed by atoms with Gasteiger partial charge in [0.15, 0.2) is 4.60 Å². The number of carbonyl (C=O) groups is 1. The summed E-state index contributed by atoms with van der Waals surface area (Å²) in [6.07, 6.45) is 1.05. The van der Waals surface area contributed by atoms with Gasteiger partial charge in [-0.1, -0.05) is 5.21 Å². The molecule has 2 rings (SSSR count). The van der Waals surface area contributed by atoms with Crippen molar-refractivity contribution < 1.29 is 18.3 Å². The van der Waals surface area contributed by atoms with Crippen LogP contribution in [0.4, 0.5) is 5.82 Å². The van der Waals surface area contributed by atoms with E-state index in [1.807, 2.05) is 0 Å². The lowest BCUT2D eigenvalue weighted by Gasteiger charge is -2.07. The fourth-order valence-corrected chi connectivity index (χ4v) is 3.48. The molecule has 0 saturated heterocycles. The van der Waals surface area contributed by atoms with Crippen LogP contribution in [-0.4, -0.2) is 39.5 Å². The number of anilines is 1. The van der Waals surface area contributed by atoms with Crippen molar-refractivity contribution in [3.8, 4) is 0 Å². The van der Waals surface area contributed by atoms with E-state index in [0.717, 1.165) is 10.9 Å². The standard InChI is InChI=1S/C9H8BrN5O4S/c1-15-8(7(10)12-14-15)20(18,19)13-6-3-2-5(4-11-6)9(16)17/h2-4H,1H3,(H,11,13)(H,16,17). The smallest absolute Gasteiger partial charge is 0.337 e. The van der Waals surface area contributed by atoms with E-state index in [-0.39, 0.29) is 21.0 Å². The molecule has 0 saturated carbocycles. The molecule has 0 aliphatic heterocycles. The molecular weight excluding hydrogens is 354 g/mol. The summed E-state index contributed by atoms with van der Waals surface area (Å²) >= 11 is 2.99. The number of pyridine rings is 1. The van der Waals surface area contributed by atoms with E-state index in [1.165, 1.54) is 19.2 Å². The highest BCUT2D eigenvalue weighted by molar-refractivity contribution is 9.10. The van der Waals surface area contributed by atoms with Gasteiger partial charge in [-0.2, -0.15) is 8.42 Å². The number of hydrogen-bond acceptors (Lipinski definition) is 6. The third-order valence-electron chi connectivity index (χ3n) is 2.24. The van der Waals surface area contributed by atoms with Crippen molar-refractivity contribution in [3.05, 3.63) is 28.5 Å². The van der Waals surface area contributed by atoms with Crippen LogP contribution in [0.25, 0.3) is 0 Å². The molecule has 0 aliphatic rings. The Morgan fingerprint density at radius 3 is 2.60 bits per heavy atom. The Bertz CT molecular complexity index is 736. The number of aromatic nitrogens is 4. The molecule has 9 nitrogen and oxygen atoms in total. The van der Waals surface area contributed by atoms with Crippen LogP contribution >= 0.6 is 15.9 Å². The largest absolute Gasteiger partial charge is 0.478 e. The Balaban J connectivity index is 2.31. The molecular formula is C9H8BrN5O4S. The highest BCUT2D eigenvalue weighted by Crippen LogP contribution is 2.20. The second-order valence-corrected chi connectivity index (χ2v) is 6.00. The third-order valence-corrected chi connectivity index (χ3v) is 4.48. The molecule has 0 fully saturated rings. The van der Waals surface area contributed by atoms with Gasteiger partial charge in [-0.25, -0.2) is 14.5 Å². The number of aryl methyl sites for hydroxylation is 1. The maximum Gasteiger partial charge on any atom is 0.337 e. The normalized spacial score (nSPS) is 11.3. The maximum atomic E-state index is 12.1. The Kier molecular flexibility index (Phi) is 3.72. The molecule has 0 radical (unpaired) electrons. The van der Waals surface area contributed by atoms with Crippen molar-refractivity contribution in [2.75, 3.05) is 4.72 Å². The number of carboxylic acids is 1. The first-order valence-corrected chi connectivity index (χ1v) is 7.36. The number of carboxylic acid groups (broad SMARTS) is 1. The van der Waals surface area contributed by atoms with Crippen molar-refractivity contribution in [1.29, 1.82) is 0 Å². The van der Waals surface area contributed by atoms with Gasteiger partial charge in [0, 0.05) is 13.2 Å². The van der Waals surface area contributed by atoms with Gasteiger partial charge in [-0.3, -0.25) is 4.72 Å². The van der Waals surface area contributed by atoms with Crippen molar-refractivity contribution >= 4 is 37.7 Å². The predicted molar refractivity (Wildman–Crippen MR) is 70.7 cm³/mol. The average Bonchev–Trinajstić information content (AvgIpc) is 2.69. The van der Waals surface area contributed by atoms with Crippen LogP contribution in [0.15, 0.2) is 28.0 Å². The lowest BCUT2D eigenvalue weighted by atomic mass is 10.3. The highest BCUT2D eigenvalue weighted by atomic mass is 79.9. The summed E-state index contributed by atoms with van der Waals surface area (Å²) in [6.45, 7) is 0. The summed E-state index contributed by atoms with van der Waals surface area (Å²) in [6, 6.07) is 2.49. The minimum atomic E-state index is -3.93. The summed E-state index contributed by atoms with van der Waals surface area (Å²) in [5, 5.41) is 15.7. The highest BCUT2D eigenvalue weighted by Gasteiger charge is 2.24. The number of rotatable bonds is 4. The molecule has 0 bridgehead atoms. The molecule has 0 aromatic carbocycles. The third kappa shape index (κ3) is 2.77. The molecule has 0 atom stereocenters. The summed E-state index contributed by atoms with van der Waals surface area (Å²) < 4.78 is 27.6. The molecule has 11 heteroatoms. The molecule has 0 amide bonds. The van der Waals surface area contributed by atoms with Crippen molar-refractivity contribution in [1.82, 2.24) is 20.0 Å². The van der Waals surface area contributed by atoms with E-state index >= 15 is 0 Å². The Morgan fingerprint density at radius 1 is 1.45 bits per heavy atom. The monoisotopic (exact) mass is 361 g/mol. The van der Waals surface area contributed by atoms with Crippen LogP contribution < -0.4 is 4.72 Å². The van der Waals surface area contributed by atoms with Gasteiger partial charge in [0.25, 0.3) is 10.0 Å². The molecule has 20 heavy (non-hydrogen) atoms. The first kappa shape index (κ1) is 14.4. The van der Waals surface area contributed by atoms with Crippen LogP contribution in [0.3, 0.4) is 0 Å². The zero-order valence-corrected chi connectivity index (χ0v) is 12.4. The lowest BCUT2D eigenvalue weighted by molar-refractivity contribution is 0.0696. The molecule has 0 unspecified atom stereocenters. The van der Waals surface area contributed by atoms with Gasteiger partial charge in [-0.15, -0.1) is 5.10 Å². The Morgan fingerprint density at radius 2 is 2.15 bits per heavy atom. The zero-order valence-electron chi connectivity index (χ0n) is 9.98. The number of nitrogens with zero attached hydrogens (tertiary/aromatic N) is 4. The predicted octanol–water partition coefficient (Wildman–Crippen LogP) is 0.472. The zero-order chi connectivity index (χ0) is 14.9. The minimum Gasteiger partial charge on any atom is -0.478 e. The van der Waals surface area contributed by atoms with Crippen molar-refractivity contribution in [2.24, 2.45) is 7.05 Å². The number of aromatic carboxylic acids is 1. The van der Waals surface area contributed by atoms with Gasteiger partial charge in [0.05, 0.1) is 5.56 Å². The first-order chi connectivity index (χ1) is 9.31. The Hall–Kier alpha value is -2.01. The first-order valence-electron chi connectivity index (χ1n) is 5.08. The van der Waals surface area contributed by atoms with E-state index in [4.69, 9.17) is 5.11 Å². The maximum absolute atomic E-state index is 12.1. The van der Waals surface area contributed by atoms with Gasteiger partial charge in [0.1, 0.15) is 5.82 Å². The van der Waals surface area contributed by atoms with Crippen molar-refractivity contribution in [3.63, 3.8) is 0 Å². The van der Waals surface area contributed by atoms with Gasteiger partial charge < -0.3 is 5.11 Å². The van der Waals surface area contributed by atoms with Gasteiger partial charge >= 0.3 is 5.97 Å². The topological polar surface area (TPSA) is 127 Å². The molecule has 2 N–H and O–H groups in total.